The molecule has 0 aliphatic carbocycles. The number of nitrogens with zero attached hydrogens (tertiary/aromatic N) is 2. The zero-order valence-corrected chi connectivity index (χ0v) is 17.6. The molecule has 0 aliphatic heterocycles. The van der Waals surface area contributed by atoms with E-state index >= 15 is 0 Å². The fraction of sp³-hybridized carbons (Fsp3) is 0.167. The molecule has 0 bridgehead atoms. The molecule has 1 N–H and O–H groups in total. The minimum absolute atomic E-state index is 0.204. The summed E-state index contributed by atoms with van der Waals surface area (Å²) in [6.45, 7) is 2.56. The fourth-order valence-electron chi connectivity index (χ4n) is 3.53. The SMILES string of the molecule is COc1ccccc1C(=O)NC(C)c1nc2ccccc2n1Cc1ccc(Cl)cc1. The maximum absolute atomic E-state index is 12.9. The van der Waals surface area contributed by atoms with Crippen LogP contribution < -0.4 is 10.1 Å². The largest absolute Gasteiger partial charge is 0.496 e. The number of para-hydroxylation sites is 3. The highest BCUT2D eigenvalue weighted by molar-refractivity contribution is 6.30. The van der Waals surface area contributed by atoms with E-state index < -0.39 is 0 Å². The second-order valence-corrected chi connectivity index (χ2v) is 7.50. The molecule has 1 aromatic heterocycles. The van der Waals surface area contributed by atoms with Crippen LogP contribution in [0.3, 0.4) is 0 Å². The Labute approximate surface area is 180 Å². The lowest BCUT2D eigenvalue weighted by atomic mass is 10.1. The van der Waals surface area contributed by atoms with E-state index in [-0.39, 0.29) is 11.9 Å². The Morgan fingerprint density at radius 3 is 2.53 bits per heavy atom. The van der Waals surface area contributed by atoms with Gasteiger partial charge in [-0.1, -0.05) is 48.0 Å². The number of amides is 1. The molecule has 0 fully saturated rings. The zero-order chi connectivity index (χ0) is 21.1. The van der Waals surface area contributed by atoms with Crippen LogP contribution in [0.2, 0.25) is 5.02 Å². The molecule has 1 amide bonds. The molecule has 30 heavy (non-hydrogen) atoms. The van der Waals surface area contributed by atoms with Crippen molar-refractivity contribution >= 4 is 28.5 Å². The smallest absolute Gasteiger partial charge is 0.255 e. The van der Waals surface area contributed by atoms with Crippen molar-refractivity contribution in [3.05, 3.63) is 94.8 Å². The maximum atomic E-state index is 12.9. The van der Waals surface area contributed by atoms with E-state index in [0.717, 1.165) is 22.4 Å². The van der Waals surface area contributed by atoms with Crippen molar-refractivity contribution in [2.75, 3.05) is 7.11 Å². The molecule has 1 unspecified atom stereocenters. The van der Waals surface area contributed by atoms with E-state index in [1.54, 1.807) is 19.2 Å². The minimum Gasteiger partial charge on any atom is -0.496 e. The van der Waals surface area contributed by atoms with Crippen LogP contribution >= 0.6 is 11.6 Å². The number of carbonyl (C=O) groups is 1. The number of rotatable bonds is 6. The Morgan fingerprint density at radius 1 is 1.07 bits per heavy atom. The van der Waals surface area contributed by atoms with Crippen LogP contribution in [-0.4, -0.2) is 22.6 Å². The molecule has 152 valence electrons. The third-order valence-corrected chi connectivity index (χ3v) is 5.28. The number of aromatic nitrogens is 2. The van der Waals surface area contributed by atoms with Crippen LogP contribution in [0.1, 0.15) is 34.7 Å². The van der Waals surface area contributed by atoms with Crippen LogP contribution in [0.4, 0.5) is 0 Å². The first-order valence-electron chi connectivity index (χ1n) is 9.70. The number of ether oxygens (including phenoxy) is 1. The Balaban J connectivity index is 1.67. The van der Waals surface area contributed by atoms with Crippen molar-refractivity contribution < 1.29 is 9.53 Å². The highest BCUT2D eigenvalue weighted by Crippen LogP contribution is 2.24. The van der Waals surface area contributed by atoms with Crippen molar-refractivity contribution in [2.24, 2.45) is 0 Å². The first-order chi connectivity index (χ1) is 14.6. The lowest BCUT2D eigenvalue weighted by molar-refractivity contribution is 0.0934. The Hall–Kier alpha value is -3.31. The van der Waals surface area contributed by atoms with Crippen molar-refractivity contribution in [1.82, 2.24) is 14.9 Å². The fourth-order valence-corrected chi connectivity index (χ4v) is 3.66. The number of methoxy groups -OCH3 is 1. The molecule has 5 nitrogen and oxygen atoms in total. The van der Waals surface area contributed by atoms with Gasteiger partial charge in [0.15, 0.2) is 0 Å². The average Bonchev–Trinajstić information content (AvgIpc) is 3.14. The van der Waals surface area contributed by atoms with Crippen molar-refractivity contribution in [1.29, 1.82) is 0 Å². The summed E-state index contributed by atoms with van der Waals surface area (Å²) in [6, 6.07) is 22.6. The normalized spacial score (nSPS) is 12.0. The van der Waals surface area contributed by atoms with E-state index in [1.807, 2.05) is 67.6 Å². The summed E-state index contributed by atoms with van der Waals surface area (Å²) < 4.78 is 7.45. The molecule has 0 spiro atoms. The Bertz CT molecular complexity index is 1180. The Kier molecular flexibility index (Phi) is 5.72. The van der Waals surface area contributed by atoms with Gasteiger partial charge >= 0.3 is 0 Å². The number of hydrogen-bond acceptors (Lipinski definition) is 3. The average molecular weight is 420 g/mol. The molecular formula is C24H22ClN3O2. The molecule has 0 radical (unpaired) electrons. The number of hydrogen-bond donors (Lipinski definition) is 1. The van der Waals surface area contributed by atoms with Crippen LogP contribution in [0, 0.1) is 0 Å². The molecule has 4 rings (SSSR count). The van der Waals surface area contributed by atoms with Gasteiger partial charge in [0.2, 0.25) is 0 Å². The number of imidazole rings is 1. The maximum Gasteiger partial charge on any atom is 0.255 e. The van der Waals surface area contributed by atoms with E-state index in [1.165, 1.54) is 0 Å². The van der Waals surface area contributed by atoms with Gasteiger partial charge in [0, 0.05) is 11.6 Å². The van der Waals surface area contributed by atoms with Crippen molar-refractivity contribution in [2.45, 2.75) is 19.5 Å². The molecule has 6 heteroatoms. The monoisotopic (exact) mass is 419 g/mol. The predicted octanol–water partition coefficient (Wildman–Crippen LogP) is 5.24. The standard InChI is InChI=1S/C24H22ClN3O2/c1-16(26-24(29)19-7-3-6-10-22(19)30-2)23-27-20-8-4-5-9-21(20)28(23)15-17-11-13-18(25)14-12-17/h3-14,16H,15H2,1-2H3,(H,26,29). The van der Waals surface area contributed by atoms with Gasteiger partial charge < -0.3 is 14.6 Å². The van der Waals surface area contributed by atoms with Crippen molar-refractivity contribution in [3.63, 3.8) is 0 Å². The molecule has 0 aliphatic rings. The lowest BCUT2D eigenvalue weighted by Gasteiger charge is -2.17. The molecule has 4 aromatic rings. The highest BCUT2D eigenvalue weighted by Gasteiger charge is 2.20. The van der Waals surface area contributed by atoms with Gasteiger partial charge in [-0.15, -0.1) is 0 Å². The number of nitrogens with one attached hydrogen (secondary N) is 1. The van der Waals surface area contributed by atoms with E-state index in [9.17, 15) is 4.79 Å². The third-order valence-electron chi connectivity index (χ3n) is 5.02. The first kappa shape index (κ1) is 20.0. The molecule has 1 heterocycles. The van der Waals surface area contributed by atoms with Gasteiger partial charge in [-0.25, -0.2) is 4.98 Å². The summed E-state index contributed by atoms with van der Waals surface area (Å²) in [5.41, 5.74) is 3.50. The summed E-state index contributed by atoms with van der Waals surface area (Å²) in [6.07, 6.45) is 0. The van der Waals surface area contributed by atoms with Gasteiger partial charge in [-0.05, 0) is 48.9 Å². The summed E-state index contributed by atoms with van der Waals surface area (Å²) in [7, 11) is 1.56. The Morgan fingerprint density at radius 2 is 1.77 bits per heavy atom. The van der Waals surface area contributed by atoms with Gasteiger partial charge in [0.1, 0.15) is 11.6 Å². The summed E-state index contributed by atoms with van der Waals surface area (Å²) >= 11 is 6.03. The summed E-state index contributed by atoms with van der Waals surface area (Å²) in [5, 5.41) is 3.76. The minimum atomic E-state index is -0.304. The van der Waals surface area contributed by atoms with Gasteiger partial charge in [-0.3, -0.25) is 4.79 Å². The van der Waals surface area contributed by atoms with Crippen LogP contribution in [-0.2, 0) is 6.54 Å². The van der Waals surface area contributed by atoms with E-state index in [0.29, 0.717) is 22.9 Å². The van der Waals surface area contributed by atoms with Crippen LogP contribution in [0.5, 0.6) is 5.75 Å². The summed E-state index contributed by atoms with van der Waals surface area (Å²) in [4.78, 5) is 17.7. The first-order valence-corrected chi connectivity index (χ1v) is 10.1. The number of fused-ring (bicyclic) bond motifs is 1. The summed E-state index contributed by atoms with van der Waals surface area (Å²) in [5.74, 6) is 1.12. The van der Waals surface area contributed by atoms with Gasteiger partial charge in [0.05, 0.1) is 29.7 Å². The third kappa shape index (κ3) is 4.02. The van der Waals surface area contributed by atoms with Crippen LogP contribution in [0.25, 0.3) is 11.0 Å². The molecule has 3 aromatic carbocycles. The molecular weight excluding hydrogens is 398 g/mol. The van der Waals surface area contributed by atoms with E-state index in [4.69, 9.17) is 21.3 Å². The second kappa shape index (κ2) is 8.59. The zero-order valence-electron chi connectivity index (χ0n) is 16.8. The lowest BCUT2D eigenvalue weighted by Crippen LogP contribution is -2.29. The predicted molar refractivity (Wildman–Crippen MR) is 119 cm³/mol. The molecule has 0 saturated carbocycles. The van der Waals surface area contributed by atoms with Crippen molar-refractivity contribution in [3.8, 4) is 5.75 Å². The number of benzene rings is 3. The van der Waals surface area contributed by atoms with Crippen LogP contribution in [0.15, 0.2) is 72.8 Å². The van der Waals surface area contributed by atoms with Gasteiger partial charge in [-0.2, -0.15) is 0 Å². The molecule has 0 saturated heterocycles. The molecule has 1 atom stereocenters. The van der Waals surface area contributed by atoms with Gasteiger partial charge in [0.25, 0.3) is 5.91 Å². The number of carbonyl (C=O) groups excluding carboxylic acids is 1. The highest BCUT2D eigenvalue weighted by atomic mass is 35.5. The quantitative estimate of drug-likeness (QED) is 0.465. The topological polar surface area (TPSA) is 56.1 Å². The van der Waals surface area contributed by atoms with E-state index in [2.05, 4.69) is 9.88 Å². The number of halogens is 1. The second-order valence-electron chi connectivity index (χ2n) is 7.07.